The first-order valence-electron chi connectivity index (χ1n) is 11.5. The first kappa shape index (κ1) is 24.9. The second kappa shape index (κ2) is 11.0. The summed E-state index contributed by atoms with van der Waals surface area (Å²) >= 11 is 0. The molecule has 7 heteroatoms. The van der Waals surface area contributed by atoms with Gasteiger partial charge in [-0.3, -0.25) is 9.59 Å². The number of amides is 2. The van der Waals surface area contributed by atoms with Crippen molar-refractivity contribution in [1.82, 2.24) is 5.32 Å². The molecule has 0 aliphatic heterocycles. The molecule has 0 bridgehead atoms. The average molecular weight is 499 g/mol. The lowest BCUT2D eigenvalue weighted by Gasteiger charge is -2.16. The molecule has 36 heavy (non-hydrogen) atoms. The lowest BCUT2D eigenvalue weighted by Crippen LogP contribution is -2.27. The highest BCUT2D eigenvalue weighted by atomic mass is 32.2. The molecule has 0 saturated carbocycles. The summed E-state index contributed by atoms with van der Waals surface area (Å²) in [5, 5.41) is 5.77. The standard InChI is InChI=1S/C29H26N2O4S/c1-21(24-14-8-16-26(18-24)31-28(32)23-12-6-3-7-13-23)30-29(33)25-15-9-17-27(19-25)36(34,35)20-22-10-4-2-5-11-22/h2-19,21H,20H2,1H3,(H,30,33)(H,31,32). The Kier molecular flexibility index (Phi) is 7.61. The summed E-state index contributed by atoms with van der Waals surface area (Å²) < 4.78 is 25.8. The molecule has 0 fully saturated rings. The predicted octanol–water partition coefficient (Wildman–Crippen LogP) is 5.40. The lowest BCUT2D eigenvalue weighted by atomic mass is 10.1. The third-order valence-corrected chi connectivity index (χ3v) is 7.37. The zero-order valence-electron chi connectivity index (χ0n) is 19.7. The average Bonchev–Trinajstić information content (AvgIpc) is 2.89. The maximum atomic E-state index is 12.9. The van der Waals surface area contributed by atoms with Crippen molar-refractivity contribution in [2.24, 2.45) is 0 Å². The number of rotatable bonds is 8. The monoisotopic (exact) mass is 498 g/mol. The second-order valence-corrected chi connectivity index (χ2v) is 10.4. The number of hydrogen-bond donors (Lipinski definition) is 2. The van der Waals surface area contributed by atoms with Gasteiger partial charge in [-0.05, 0) is 60.5 Å². The van der Waals surface area contributed by atoms with Gasteiger partial charge in [0.2, 0.25) is 0 Å². The van der Waals surface area contributed by atoms with Gasteiger partial charge < -0.3 is 10.6 Å². The molecule has 2 amide bonds. The Hall–Kier alpha value is -4.23. The molecule has 0 aromatic heterocycles. The Morgan fingerprint density at radius 2 is 1.36 bits per heavy atom. The summed E-state index contributed by atoms with van der Waals surface area (Å²) in [6.45, 7) is 1.83. The third-order valence-electron chi connectivity index (χ3n) is 5.68. The van der Waals surface area contributed by atoms with Crippen LogP contribution < -0.4 is 10.6 Å². The SMILES string of the molecule is CC(NC(=O)c1cccc(S(=O)(=O)Cc2ccccc2)c1)c1cccc(NC(=O)c2ccccc2)c1. The van der Waals surface area contributed by atoms with Crippen LogP contribution in [0.15, 0.2) is 114 Å². The summed E-state index contributed by atoms with van der Waals surface area (Å²) in [7, 11) is -3.61. The highest BCUT2D eigenvalue weighted by Crippen LogP contribution is 2.21. The summed E-state index contributed by atoms with van der Waals surface area (Å²) in [5.74, 6) is -0.757. The van der Waals surface area contributed by atoms with Crippen molar-refractivity contribution in [2.75, 3.05) is 5.32 Å². The quantitative estimate of drug-likeness (QED) is 0.340. The maximum absolute atomic E-state index is 12.9. The zero-order valence-corrected chi connectivity index (χ0v) is 20.5. The number of carbonyl (C=O) groups excluding carboxylic acids is 2. The van der Waals surface area contributed by atoms with Crippen molar-refractivity contribution in [3.63, 3.8) is 0 Å². The Labute approximate surface area is 210 Å². The lowest BCUT2D eigenvalue weighted by molar-refractivity contribution is 0.0938. The fourth-order valence-electron chi connectivity index (χ4n) is 3.75. The molecule has 4 aromatic rings. The van der Waals surface area contributed by atoms with E-state index in [1.807, 2.05) is 25.1 Å². The van der Waals surface area contributed by atoms with E-state index in [4.69, 9.17) is 0 Å². The third kappa shape index (κ3) is 6.25. The Morgan fingerprint density at radius 1 is 0.722 bits per heavy atom. The summed E-state index contributed by atoms with van der Waals surface area (Å²) in [5.41, 5.74) is 2.88. The molecule has 1 atom stereocenters. The molecule has 0 spiro atoms. The van der Waals surface area contributed by atoms with Gasteiger partial charge >= 0.3 is 0 Å². The van der Waals surface area contributed by atoms with Crippen molar-refractivity contribution in [1.29, 1.82) is 0 Å². The van der Waals surface area contributed by atoms with Gasteiger partial charge in [0.1, 0.15) is 0 Å². The Bertz CT molecular complexity index is 1470. The predicted molar refractivity (Wildman–Crippen MR) is 140 cm³/mol. The highest BCUT2D eigenvalue weighted by Gasteiger charge is 2.18. The first-order valence-corrected chi connectivity index (χ1v) is 13.1. The molecule has 0 radical (unpaired) electrons. The molecule has 0 aliphatic rings. The molecule has 4 rings (SSSR count). The van der Waals surface area contributed by atoms with Crippen molar-refractivity contribution < 1.29 is 18.0 Å². The Morgan fingerprint density at radius 3 is 2.08 bits per heavy atom. The van der Waals surface area contributed by atoms with E-state index in [-0.39, 0.29) is 28.2 Å². The van der Waals surface area contributed by atoms with Crippen LogP contribution in [0.25, 0.3) is 0 Å². The fraction of sp³-hybridized carbons (Fsp3) is 0.103. The van der Waals surface area contributed by atoms with Crippen molar-refractivity contribution in [3.8, 4) is 0 Å². The number of anilines is 1. The van der Waals surface area contributed by atoms with E-state index < -0.39 is 15.7 Å². The van der Waals surface area contributed by atoms with Gasteiger partial charge in [-0.25, -0.2) is 8.42 Å². The van der Waals surface area contributed by atoms with E-state index in [1.54, 1.807) is 78.9 Å². The second-order valence-electron chi connectivity index (χ2n) is 8.41. The number of carbonyl (C=O) groups is 2. The zero-order chi connectivity index (χ0) is 25.5. The van der Waals surface area contributed by atoms with E-state index >= 15 is 0 Å². The number of hydrogen-bond acceptors (Lipinski definition) is 4. The molecular weight excluding hydrogens is 472 g/mol. The van der Waals surface area contributed by atoms with Crippen LogP contribution in [0.5, 0.6) is 0 Å². The summed E-state index contributed by atoms with van der Waals surface area (Å²) in [6, 6.07) is 30.7. The van der Waals surface area contributed by atoms with Gasteiger partial charge in [-0.2, -0.15) is 0 Å². The molecular formula is C29H26N2O4S. The Balaban J connectivity index is 1.45. The van der Waals surface area contributed by atoms with Crippen LogP contribution in [0.3, 0.4) is 0 Å². The molecule has 0 saturated heterocycles. The maximum Gasteiger partial charge on any atom is 0.255 e. The van der Waals surface area contributed by atoms with Gasteiger partial charge in [0.05, 0.1) is 16.7 Å². The topological polar surface area (TPSA) is 92.3 Å². The summed E-state index contributed by atoms with van der Waals surface area (Å²) in [6.07, 6.45) is 0. The fourth-order valence-corrected chi connectivity index (χ4v) is 5.14. The van der Waals surface area contributed by atoms with Crippen LogP contribution >= 0.6 is 0 Å². The van der Waals surface area contributed by atoms with Gasteiger partial charge in [-0.1, -0.05) is 66.7 Å². The van der Waals surface area contributed by atoms with Gasteiger partial charge in [-0.15, -0.1) is 0 Å². The molecule has 4 aromatic carbocycles. The van der Waals surface area contributed by atoms with Gasteiger partial charge in [0.25, 0.3) is 11.8 Å². The number of sulfone groups is 1. The smallest absolute Gasteiger partial charge is 0.255 e. The number of benzene rings is 4. The molecule has 2 N–H and O–H groups in total. The van der Waals surface area contributed by atoms with E-state index in [0.29, 0.717) is 16.8 Å². The highest BCUT2D eigenvalue weighted by molar-refractivity contribution is 7.90. The molecule has 0 heterocycles. The minimum Gasteiger partial charge on any atom is -0.346 e. The normalized spacial score (nSPS) is 11.9. The molecule has 6 nitrogen and oxygen atoms in total. The van der Waals surface area contributed by atoms with Crippen molar-refractivity contribution in [2.45, 2.75) is 23.6 Å². The minimum absolute atomic E-state index is 0.0947. The van der Waals surface area contributed by atoms with E-state index in [2.05, 4.69) is 10.6 Å². The van der Waals surface area contributed by atoms with Gasteiger partial charge in [0, 0.05) is 16.8 Å². The minimum atomic E-state index is -3.61. The van der Waals surface area contributed by atoms with Gasteiger partial charge in [0.15, 0.2) is 9.84 Å². The first-order chi connectivity index (χ1) is 17.3. The van der Waals surface area contributed by atoms with Crippen LogP contribution in [0, 0.1) is 0 Å². The van der Waals surface area contributed by atoms with E-state index in [1.165, 1.54) is 12.1 Å². The van der Waals surface area contributed by atoms with Crippen molar-refractivity contribution >= 4 is 27.3 Å². The van der Waals surface area contributed by atoms with Crippen LogP contribution in [0.1, 0.15) is 44.8 Å². The largest absolute Gasteiger partial charge is 0.346 e. The number of nitrogens with one attached hydrogen (secondary N) is 2. The van der Waals surface area contributed by atoms with Crippen LogP contribution in [-0.2, 0) is 15.6 Å². The van der Waals surface area contributed by atoms with E-state index in [9.17, 15) is 18.0 Å². The van der Waals surface area contributed by atoms with E-state index in [0.717, 1.165) is 5.56 Å². The van der Waals surface area contributed by atoms with Crippen molar-refractivity contribution in [3.05, 3.63) is 131 Å². The molecule has 1 unspecified atom stereocenters. The molecule has 0 aliphatic carbocycles. The van der Waals surface area contributed by atoms with Crippen LogP contribution in [-0.4, -0.2) is 20.2 Å². The van der Waals surface area contributed by atoms with Crippen LogP contribution in [0.4, 0.5) is 5.69 Å². The molecule has 182 valence electrons. The summed E-state index contributed by atoms with van der Waals surface area (Å²) in [4.78, 5) is 25.5. The van der Waals surface area contributed by atoms with Crippen LogP contribution in [0.2, 0.25) is 0 Å².